The number of nitrogens with one attached hydrogen (secondary N) is 1. The van der Waals surface area contributed by atoms with Crippen LogP contribution in [0.4, 0.5) is 0 Å². The van der Waals surface area contributed by atoms with Crippen LogP contribution in [0.3, 0.4) is 0 Å². The van der Waals surface area contributed by atoms with E-state index in [1.54, 1.807) is 6.07 Å². The van der Waals surface area contributed by atoms with E-state index in [2.05, 4.69) is 15.3 Å². The number of thiophene rings is 1. The number of carbonyl (C=O) groups is 4. The lowest BCUT2D eigenvalue weighted by Gasteiger charge is -2.49. The Morgan fingerprint density at radius 2 is 2.14 bits per heavy atom. The number of carbonyl (C=O) groups excluding carboxylic acids is 2. The molecular formula is C16H15N3O7S2. The van der Waals surface area contributed by atoms with Gasteiger partial charge < -0.3 is 20.4 Å². The Hall–Kier alpha value is -2.86. The summed E-state index contributed by atoms with van der Waals surface area (Å²) in [6.07, 6.45) is 0.120. The van der Waals surface area contributed by atoms with Crippen LogP contribution in [0.15, 0.2) is 33.9 Å². The molecule has 28 heavy (non-hydrogen) atoms. The van der Waals surface area contributed by atoms with Crippen molar-refractivity contribution in [3.05, 3.63) is 33.7 Å². The molecule has 3 N–H and O–H groups in total. The van der Waals surface area contributed by atoms with Gasteiger partial charge in [-0.15, -0.1) is 23.1 Å². The molecule has 2 aliphatic rings. The smallest absolute Gasteiger partial charge is 0.358 e. The molecule has 2 aliphatic heterocycles. The monoisotopic (exact) mass is 425 g/mol. The quantitative estimate of drug-likeness (QED) is 0.317. The minimum Gasteiger partial charge on any atom is -0.477 e. The van der Waals surface area contributed by atoms with Crippen molar-refractivity contribution in [2.75, 3.05) is 12.9 Å². The lowest BCUT2D eigenvalue weighted by molar-refractivity contribution is -0.150. The first-order valence-corrected chi connectivity index (χ1v) is 9.85. The fourth-order valence-electron chi connectivity index (χ4n) is 2.91. The van der Waals surface area contributed by atoms with Crippen LogP contribution < -0.4 is 5.32 Å². The van der Waals surface area contributed by atoms with Crippen LogP contribution in [0.1, 0.15) is 4.88 Å². The van der Waals surface area contributed by atoms with E-state index in [1.807, 2.05) is 11.4 Å². The van der Waals surface area contributed by atoms with E-state index in [1.165, 1.54) is 11.3 Å². The molecule has 1 fully saturated rings. The maximum Gasteiger partial charge on any atom is 0.358 e. The van der Waals surface area contributed by atoms with Crippen molar-refractivity contribution < 1.29 is 34.2 Å². The lowest BCUT2D eigenvalue weighted by atomic mass is 10.0. The van der Waals surface area contributed by atoms with Crippen molar-refractivity contribution in [3.8, 4) is 0 Å². The van der Waals surface area contributed by atoms with Gasteiger partial charge in [0.2, 0.25) is 5.91 Å². The molecule has 10 nitrogen and oxygen atoms in total. The first-order valence-electron chi connectivity index (χ1n) is 7.92. The highest BCUT2D eigenvalue weighted by atomic mass is 32.2. The summed E-state index contributed by atoms with van der Waals surface area (Å²) >= 11 is 2.56. The molecule has 1 unspecified atom stereocenters. The highest BCUT2D eigenvalue weighted by molar-refractivity contribution is 8.00. The van der Waals surface area contributed by atoms with E-state index in [4.69, 9.17) is 0 Å². The van der Waals surface area contributed by atoms with Crippen LogP contribution in [0, 0.1) is 0 Å². The highest BCUT2D eigenvalue weighted by Crippen LogP contribution is 2.40. The third-order valence-electron chi connectivity index (χ3n) is 4.07. The maximum atomic E-state index is 12.5. The molecule has 2 amide bonds. The summed E-state index contributed by atoms with van der Waals surface area (Å²) in [6, 6.07) is 2.74. The number of hydrogen-bond donors (Lipinski definition) is 3. The van der Waals surface area contributed by atoms with Crippen LogP contribution in [0.5, 0.6) is 0 Å². The number of thioether (sulfide) groups is 1. The number of amides is 2. The minimum atomic E-state index is -1.47. The van der Waals surface area contributed by atoms with Crippen molar-refractivity contribution in [1.82, 2.24) is 10.2 Å². The molecule has 1 aromatic rings. The van der Waals surface area contributed by atoms with Crippen molar-refractivity contribution in [2.24, 2.45) is 5.16 Å². The van der Waals surface area contributed by atoms with Gasteiger partial charge in [0.05, 0.1) is 6.42 Å². The molecule has 3 rings (SSSR count). The van der Waals surface area contributed by atoms with Crippen molar-refractivity contribution in [1.29, 1.82) is 0 Å². The number of nitrogens with zero attached hydrogens (tertiary/aromatic N) is 2. The van der Waals surface area contributed by atoms with E-state index >= 15 is 0 Å². The zero-order valence-electron chi connectivity index (χ0n) is 14.4. The van der Waals surface area contributed by atoms with Crippen LogP contribution >= 0.6 is 23.1 Å². The van der Waals surface area contributed by atoms with Gasteiger partial charge in [0, 0.05) is 16.2 Å². The van der Waals surface area contributed by atoms with E-state index in [9.17, 15) is 29.4 Å². The SMILES string of the molecule is CON=C(C(=O)O)C1=C(C(=O)O)N2C(=O)C(NC(=O)Cc3cccs3)[C@@H]2SC1. The summed E-state index contributed by atoms with van der Waals surface area (Å²) < 4.78 is 0. The molecule has 0 aromatic carbocycles. The molecule has 148 valence electrons. The number of β-lactam (4-membered cyclic amide) rings is 1. The number of rotatable bonds is 7. The number of aliphatic carboxylic acids is 2. The van der Waals surface area contributed by atoms with Gasteiger partial charge in [-0.05, 0) is 11.4 Å². The second kappa shape index (κ2) is 8.02. The number of hydrogen-bond acceptors (Lipinski definition) is 8. The van der Waals surface area contributed by atoms with Crippen LogP contribution in [-0.4, -0.2) is 68.9 Å². The topological polar surface area (TPSA) is 146 Å². The predicted molar refractivity (Wildman–Crippen MR) is 99.8 cm³/mol. The van der Waals surface area contributed by atoms with Gasteiger partial charge in [-0.3, -0.25) is 14.5 Å². The number of oxime groups is 1. The molecule has 0 radical (unpaired) electrons. The van der Waals surface area contributed by atoms with Gasteiger partial charge in [-0.1, -0.05) is 11.2 Å². The van der Waals surface area contributed by atoms with Gasteiger partial charge in [0.25, 0.3) is 5.91 Å². The second-order valence-corrected chi connectivity index (χ2v) is 7.91. The molecule has 3 heterocycles. The van der Waals surface area contributed by atoms with E-state index in [0.717, 1.165) is 28.6 Å². The van der Waals surface area contributed by atoms with Crippen LogP contribution in [-0.2, 0) is 30.4 Å². The Morgan fingerprint density at radius 1 is 1.39 bits per heavy atom. The standard InChI is InChI=1S/C16H15N3O7S2/c1-26-18-10(15(22)23)8-6-28-14-11(13(21)19(14)12(8)16(24)25)17-9(20)5-7-3-2-4-27-7/h2-4,11,14H,5-6H2,1H3,(H,17,20)(H,22,23)(H,24,25)/t11?,14-/m0/s1. The fraction of sp³-hybridized carbons (Fsp3) is 0.312. The average molecular weight is 425 g/mol. The Morgan fingerprint density at radius 3 is 2.71 bits per heavy atom. The molecule has 0 saturated carbocycles. The number of carboxylic acids is 2. The summed E-state index contributed by atoms with van der Waals surface area (Å²) in [6.45, 7) is 0. The molecule has 1 aromatic heterocycles. The zero-order valence-corrected chi connectivity index (χ0v) is 16.1. The van der Waals surface area contributed by atoms with Gasteiger partial charge in [0.1, 0.15) is 24.2 Å². The molecule has 0 aliphatic carbocycles. The van der Waals surface area contributed by atoms with Gasteiger partial charge >= 0.3 is 11.9 Å². The largest absolute Gasteiger partial charge is 0.477 e. The third kappa shape index (κ3) is 3.60. The molecule has 0 bridgehead atoms. The summed E-state index contributed by atoms with van der Waals surface area (Å²) in [5.74, 6) is -3.90. The normalized spacial score (nSPS) is 21.7. The average Bonchev–Trinajstić information content (AvgIpc) is 3.15. The third-order valence-corrected chi connectivity index (χ3v) is 6.23. The summed E-state index contributed by atoms with van der Waals surface area (Å²) in [5.41, 5.74) is -1.17. The Bertz CT molecular complexity index is 894. The minimum absolute atomic E-state index is 0.0120. The molecule has 12 heteroatoms. The van der Waals surface area contributed by atoms with Gasteiger partial charge in [-0.2, -0.15) is 0 Å². The zero-order chi connectivity index (χ0) is 20.4. The Kier molecular flexibility index (Phi) is 5.70. The summed E-state index contributed by atoms with van der Waals surface area (Å²) in [5, 5.41) is 26.0. The number of carboxylic acid groups (broad SMARTS) is 2. The van der Waals surface area contributed by atoms with Crippen molar-refractivity contribution >= 4 is 52.6 Å². The second-order valence-electron chi connectivity index (χ2n) is 5.77. The predicted octanol–water partition coefficient (Wildman–Crippen LogP) is 0.116. The summed E-state index contributed by atoms with van der Waals surface area (Å²) in [7, 11) is 1.14. The number of fused-ring (bicyclic) bond motifs is 1. The lowest BCUT2D eigenvalue weighted by Crippen LogP contribution is -2.70. The fourth-order valence-corrected chi connectivity index (χ4v) is 4.96. The van der Waals surface area contributed by atoms with Crippen molar-refractivity contribution in [3.63, 3.8) is 0 Å². The van der Waals surface area contributed by atoms with Crippen molar-refractivity contribution in [2.45, 2.75) is 17.8 Å². The molecular weight excluding hydrogens is 410 g/mol. The first-order chi connectivity index (χ1) is 13.3. The van der Waals surface area contributed by atoms with E-state index < -0.39 is 40.7 Å². The molecule has 0 spiro atoms. The van der Waals surface area contributed by atoms with E-state index in [-0.39, 0.29) is 23.7 Å². The van der Waals surface area contributed by atoms with E-state index in [0.29, 0.717) is 0 Å². The van der Waals surface area contributed by atoms with Crippen LogP contribution in [0.25, 0.3) is 0 Å². The van der Waals surface area contributed by atoms with Gasteiger partial charge in [-0.25, -0.2) is 9.59 Å². The van der Waals surface area contributed by atoms with Crippen LogP contribution in [0.2, 0.25) is 0 Å². The molecule has 2 atom stereocenters. The highest BCUT2D eigenvalue weighted by Gasteiger charge is 2.55. The summed E-state index contributed by atoms with van der Waals surface area (Å²) in [4.78, 5) is 54.1. The Labute approximate surface area is 166 Å². The maximum absolute atomic E-state index is 12.5. The molecule has 1 saturated heterocycles. The van der Waals surface area contributed by atoms with Gasteiger partial charge in [0.15, 0.2) is 5.71 Å². The first kappa shape index (κ1) is 19.9. The Balaban J connectivity index is 1.81.